The highest BCUT2D eigenvalue weighted by molar-refractivity contribution is 7.89. The number of hydrogen-bond acceptors (Lipinski definition) is 4. The van der Waals surface area contributed by atoms with Gasteiger partial charge >= 0.3 is 0 Å². The lowest BCUT2D eigenvalue weighted by Crippen LogP contribution is -2.40. The predicted molar refractivity (Wildman–Crippen MR) is 98.5 cm³/mol. The van der Waals surface area contributed by atoms with Gasteiger partial charge in [-0.05, 0) is 57.5 Å². The molecule has 0 saturated carbocycles. The molecule has 8 heteroatoms. The van der Waals surface area contributed by atoms with Gasteiger partial charge in [0.25, 0.3) is 5.91 Å². The molecule has 0 unspecified atom stereocenters. The van der Waals surface area contributed by atoms with Crippen LogP contribution >= 0.6 is 11.6 Å². The first kappa shape index (κ1) is 19.4. The molecular formula is C17H20ClN3O3S. The van der Waals surface area contributed by atoms with Gasteiger partial charge in [0.15, 0.2) is 0 Å². The van der Waals surface area contributed by atoms with Crippen molar-refractivity contribution in [2.24, 2.45) is 0 Å². The maximum absolute atomic E-state index is 12.5. The summed E-state index contributed by atoms with van der Waals surface area (Å²) in [5, 5.41) is 2.67. The Hall–Kier alpha value is -1.96. The molecule has 0 aliphatic rings. The maximum atomic E-state index is 12.5. The van der Waals surface area contributed by atoms with E-state index in [1.165, 1.54) is 18.2 Å². The summed E-state index contributed by atoms with van der Waals surface area (Å²) in [4.78, 5) is 16.3. The van der Waals surface area contributed by atoms with E-state index < -0.39 is 21.5 Å². The Kier molecular flexibility index (Phi) is 5.51. The predicted octanol–water partition coefficient (Wildman–Crippen LogP) is 3.37. The van der Waals surface area contributed by atoms with Crippen molar-refractivity contribution >= 4 is 33.3 Å². The summed E-state index contributed by atoms with van der Waals surface area (Å²) in [6.07, 6.45) is 1.63. The number of hydrogen-bond donors (Lipinski definition) is 2. The average molecular weight is 382 g/mol. The quantitative estimate of drug-likeness (QED) is 0.849. The van der Waals surface area contributed by atoms with Crippen LogP contribution in [0.3, 0.4) is 0 Å². The Bertz CT molecular complexity index is 888. The number of amides is 1. The third-order valence-electron chi connectivity index (χ3n) is 3.08. The van der Waals surface area contributed by atoms with Gasteiger partial charge in [-0.15, -0.1) is 0 Å². The molecule has 1 amide bonds. The lowest BCUT2D eigenvalue weighted by Gasteiger charge is -2.21. The number of benzene rings is 1. The summed E-state index contributed by atoms with van der Waals surface area (Å²) < 4.78 is 27.5. The zero-order valence-corrected chi connectivity index (χ0v) is 16.0. The van der Waals surface area contributed by atoms with Crippen molar-refractivity contribution < 1.29 is 13.2 Å². The minimum atomic E-state index is -3.86. The van der Waals surface area contributed by atoms with Gasteiger partial charge in [-0.2, -0.15) is 0 Å². The Balaban J connectivity index is 2.32. The van der Waals surface area contributed by atoms with Crippen LogP contribution < -0.4 is 10.0 Å². The average Bonchev–Trinajstić information content (AvgIpc) is 2.47. The van der Waals surface area contributed by atoms with Gasteiger partial charge in [-0.25, -0.2) is 18.1 Å². The molecule has 0 saturated heterocycles. The van der Waals surface area contributed by atoms with Crippen LogP contribution in [-0.4, -0.2) is 24.8 Å². The first-order chi connectivity index (χ1) is 11.5. The molecule has 0 atom stereocenters. The van der Waals surface area contributed by atoms with E-state index in [0.717, 1.165) is 5.56 Å². The van der Waals surface area contributed by atoms with Crippen LogP contribution in [0.15, 0.2) is 41.4 Å². The summed E-state index contributed by atoms with van der Waals surface area (Å²) in [7, 11) is -3.86. The summed E-state index contributed by atoms with van der Waals surface area (Å²) in [5.74, 6) is -0.0944. The minimum Gasteiger partial charge on any atom is -0.307 e. The third-order valence-corrected chi connectivity index (χ3v) is 5.32. The first-order valence-corrected chi connectivity index (χ1v) is 9.42. The van der Waals surface area contributed by atoms with E-state index in [9.17, 15) is 13.2 Å². The second kappa shape index (κ2) is 7.11. The van der Waals surface area contributed by atoms with E-state index in [4.69, 9.17) is 11.6 Å². The number of carbonyl (C=O) groups is 1. The number of anilines is 1. The van der Waals surface area contributed by atoms with Gasteiger partial charge in [0.1, 0.15) is 10.7 Å². The lowest BCUT2D eigenvalue weighted by atomic mass is 10.1. The van der Waals surface area contributed by atoms with Crippen LogP contribution in [0.4, 0.5) is 5.82 Å². The second-order valence-corrected chi connectivity index (χ2v) is 8.73. The molecule has 0 radical (unpaired) electrons. The molecule has 0 spiro atoms. The Labute approximate surface area is 152 Å². The van der Waals surface area contributed by atoms with Crippen molar-refractivity contribution in [3.05, 3.63) is 52.7 Å². The van der Waals surface area contributed by atoms with Crippen molar-refractivity contribution in [1.29, 1.82) is 0 Å². The largest absolute Gasteiger partial charge is 0.307 e. The number of aromatic nitrogens is 1. The zero-order valence-electron chi connectivity index (χ0n) is 14.4. The number of carbonyl (C=O) groups excluding carboxylic acids is 1. The number of rotatable bonds is 4. The molecule has 2 N–H and O–H groups in total. The molecule has 1 aromatic heterocycles. The van der Waals surface area contributed by atoms with Crippen LogP contribution in [0, 0.1) is 6.92 Å². The van der Waals surface area contributed by atoms with E-state index in [2.05, 4.69) is 15.0 Å². The monoisotopic (exact) mass is 381 g/mol. The summed E-state index contributed by atoms with van der Waals surface area (Å²) in [6.45, 7) is 7.05. The molecule has 1 aromatic carbocycles. The fourth-order valence-corrected chi connectivity index (χ4v) is 3.98. The first-order valence-electron chi connectivity index (χ1n) is 7.55. The van der Waals surface area contributed by atoms with Crippen LogP contribution in [-0.2, 0) is 10.0 Å². The highest BCUT2D eigenvalue weighted by Crippen LogP contribution is 2.24. The van der Waals surface area contributed by atoms with Crippen molar-refractivity contribution in [2.75, 3.05) is 5.32 Å². The van der Waals surface area contributed by atoms with Crippen LogP contribution in [0.1, 0.15) is 36.7 Å². The number of nitrogens with zero attached hydrogens (tertiary/aromatic N) is 1. The second-order valence-electron chi connectivity index (χ2n) is 6.68. The standard InChI is InChI=1S/C17H20ClN3O3S/c1-11-5-8-15(19-10-11)20-16(22)12-6-7-13(18)14(9-12)25(23,24)21-17(2,3)4/h5-10,21H,1-4H3,(H,19,20,22). The molecule has 2 aromatic rings. The molecule has 1 heterocycles. The smallest absolute Gasteiger partial charge is 0.256 e. The van der Waals surface area contributed by atoms with E-state index >= 15 is 0 Å². The topological polar surface area (TPSA) is 88.2 Å². The number of halogens is 1. The van der Waals surface area contributed by atoms with Crippen molar-refractivity contribution in [3.63, 3.8) is 0 Å². The van der Waals surface area contributed by atoms with Crippen molar-refractivity contribution in [1.82, 2.24) is 9.71 Å². The van der Waals surface area contributed by atoms with Gasteiger partial charge in [0.2, 0.25) is 10.0 Å². The number of aryl methyl sites for hydroxylation is 1. The van der Waals surface area contributed by atoms with E-state index in [-0.39, 0.29) is 15.5 Å². The van der Waals surface area contributed by atoms with Crippen molar-refractivity contribution in [2.45, 2.75) is 38.1 Å². The highest BCUT2D eigenvalue weighted by atomic mass is 35.5. The molecule has 6 nitrogen and oxygen atoms in total. The molecule has 25 heavy (non-hydrogen) atoms. The summed E-state index contributed by atoms with van der Waals surface area (Å²) in [5.41, 5.74) is 0.457. The molecule has 0 aliphatic carbocycles. The SMILES string of the molecule is Cc1ccc(NC(=O)c2ccc(Cl)c(S(=O)(=O)NC(C)(C)C)c2)nc1. The molecular weight excluding hydrogens is 362 g/mol. The van der Waals surface area contributed by atoms with E-state index in [1.54, 1.807) is 33.0 Å². The molecule has 2 rings (SSSR count). The molecule has 0 aliphatic heterocycles. The Morgan fingerprint density at radius 2 is 1.84 bits per heavy atom. The van der Waals surface area contributed by atoms with Crippen LogP contribution in [0.5, 0.6) is 0 Å². The van der Waals surface area contributed by atoms with Crippen LogP contribution in [0.2, 0.25) is 5.02 Å². The zero-order chi connectivity index (χ0) is 18.8. The molecule has 134 valence electrons. The fourth-order valence-electron chi connectivity index (χ4n) is 2.04. The molecule has 0 fully saturated rings. The summed E-state index contributed by atoms with van der Waals surface area (Å²) >= 11 is 6.03. The van der Waals surface area contributed by atoms with Gasteiger partial charge in [0, 0.05) is 17.3 Å². The fraction of sp³-hybridized carbons (Fsp3) is 0.294. The maximum Gasteiger partial charge on any atom is 0.256 e. The third kappa shape index (κ3) is 5.26. The van der Waals surface area contributed by atoms with Gasteiger partial charge in [-0.3, -0.25) is 4.79 Å². The number of nitrogens with one attached hydrogen (secondary N) is 2. The number of sulfonamides is 1. The minimum absolute atomic E-state index is 0.0433. The van der Waals surface area contributed by atoms with Crippen molar-refractivity contribution in [3.8, 4) is 0 Å². The lowest BCUT2D eigenvalue weighted by molar-refractivity contribution is 0.102. The molecule has 0 bridgehead atoms. The van der Waals surface area contributed by atoms with Gasteiger partial charge in [0.05, 0.1) is 5.02 Å². The number of pyridine rings is 1. The normalized spacial score (nSPS) is 12.0. The summed E-state index contributed by atoms with van der Waals surface area (Å²) in [6, 6.07) is 7.58. The van der Waals surface area contributed by atoms with Gasteiger partial charge < -0.3 is 5.32 Å². The van der Waals surface area contributed by atoms with E-state index in [1.807, 2.05) is 13.0 Å². The van der Waals surface area contributed by atoms with Gasteiger partial charge in [-0.1, -0.05) is 17.7 Å². The Morgan fingerprint density at radius 3 is 2.40 bits per heavy atom. The Morgan fingerprint density at radius 1 is 1.16 bits per heavy atom. The highest BCUT2D eigenvalue weighted by Gasteiger charge is 2.25. The van der Waals surface area contributed by atoms with E-state index in [0.29, 0.717) is 5.82 Å². The van der Waals surface area contributed by atoms with Crippen LogP contribution in [0.25, 0.3) is 0 Å².